The Morgan fingerprint density at radius 2 is 2.10 bits per heavy atom. The Balaban J connectivity index is 2.68. The Morgan fingerprint density at radius 1 is 1.40 bits per heavy atom. The van der Waals surface area contributed by atoms with Crippen molar-refractivity contribution >= 4 is 16.2 Å². The highest BCUT2D eigenvalue weighted by molar-refractivity contribution is 6.66. The van der Waals surface area contributed by atoms with E-state index in [2.05, 4.69) is 20.6 Å². The molecule has 0 spiro atoms. The fourth-order valence-corrected chi connectivity index (χ4v) is 2.95. The lowest BCUT2D eigenvalue weighted by Gasteiger charge is -2.18. The van der Waals surface area contributed by atoms with Crippen LogP contribution in [0.5, 0.6) is 0 Å². The minimum absolute atomic E-state index is 0.799. The first-order valence-electron chi connectivity index (χ1n) is 4.15. The zero-order chi connectivity index (χ0) is 7.56. The fraction of sp³-hybridized carbons (Fsp3) is 0.750. The Labute approximate surface area is 67.0 Å². The molecule has 2 radical (unpaired) electrons. The van der Waals surface area contributed by atoms with E-state index in [1.54, 1.807) is 10.7 Å². The van der Waals surface area contributed by atoms with Gasteiger partial charge < -0.3 is 0 Å². The molecule has 2 heteroatoms. The maximum absolute atomic E-state index is 2.31. The minimum Gasteiger partial charge on any atom is -0.107 e. The summed E-state index contributed by atoms with van der Waals surface area (Å²) in [6.07, 6.45) is 2.81. The lowest BCUT2D eigenvalue weighted by Crippen LogP contribution is -2.15. The van der Waals surface area contributed by atoms with E-state index in [0.717, 1.165) is 16.2 Å². The first-order chi connectivity index (χ1) is 4.72. The predicted molar refractivity (Wildman–Crippen MR) is 50.0 cm³/mol. The Hall–Kier alpha value is 0.0218. The number of hydrogen-bond acceptors (Lipinski definition) is 0. The van der Waals surface area contributed by atoms with Crippen molar-refractivity contribution in [1.82, 2.24) is 0 Å². The minimum atomic E-state index is 0.799. The highest BCUT2D eigenvalue weighted by Gasteiger charge is 2.13. The van der Waals surface area contributed by atoms with Gasteiger partial charge in [-0.1, -0.05) is 31.3 Å². The van der Waals surface area contributed by atoms with Crippen LogP contribution in [0.4, 0.5) is 0 Å². The molecule has 0 atom stereocenters. The van der Waals surface area contributed by atoms with Crippen molar-refractivity contribution in [1.29, 1.82) is 0 Å². The van der Waals surface area contributed by atoms with E-state index in [-0.39, 0.29) is 0 Å². The molecule has 0 bridgehead atoms. The van der Waals surface area contributed by atoms with Crippen molar-refractivity contribution < 1.29 is 0 Å². The summed E-state index contributed by atoms with van der Waals surface area (Å²) >= 11 is 0. The van der Waals surface area contributed by atoms with Crippen molar-refractivity contribution in [2.75, 3.05) is 0 Å². The Bertz CT molecular complexity index is 149. The molecule has 0 amide bonds. The highest BCUT2D eigenvalue weighted by Crippen LogP contribution is 2.21. The van der Waals surface area contributed by atoms with Gasteiger partial charge in [-0.2, -0.15) is 0 Å². The first kappa shape index (κ1) is 8.12. The lowest BCUT2D eigenvalue weighted by atomic mass is 9.47. The second-order valence-corrected chi connectivity index (χ2v) is 4.94. The molecular weight excluding hydrogens is 135 g/mol. The van der Waals surface area contributed by atoms with Crippen molar-refractivity contribution in [2.45, 2.75) is 39.5 Å². The predicted octanol–water partition coefficient (Wildman–Crippen LogP) is 2.47. The molecule has 0 nitrogen and oxygen atoms in total. The van der Waals surface area contributed by atoms with Crippen LogP contribution in [0.1, 0.15) is 19.8 Å². The lowest BCUT2D eigenvalue weighted by molar-refractivity contribution is 0.909. The molecule has 1 aliphatic rings. The van der Waals surface area contributed by atoms with Crippen molar-refractivity contribution in [3.8, 4) is 0 Å². The zero-order valence-electron chi connectivity index (χ0n) is 7.20. The summed E-state index contributed by atoms with van der Waals surface area (Å²) in [6.45, 7) is 7.74. The van der Waals surface area contributed by atoms with Gasteiger partial charge in [0.1, 0.15) is 0 Å². The van der Waals surface area contributed by atoms with Crippen LogP contribution in [0.2, 0.25) is 19.7 Å². The second-order valence-electron chi connectivity index (χ2n) is 3.34. The van der Waals surface area contributed by atoms with E-state index in [1.807, 2.05) is 0 Å². The Kier molecular flexibility index (Phi) is 2.78. The number of rotatable bonds is 1. The summed E-state index contributed by atoms with van der Waals surface area (Å²) in [5.41, 5.74) is 1.74. The molecule has 10 heavy (non-hydrogen) atoms. The molecule has 0 aromatic heterocycles. The third kappa shape index (κ3) is 1.75. The highest BCUT2D eigenvalue weighted by atomic mass is 28.2. The van der Waals surface area contributed by atoms with Crippen LogP contribution in [0, 0.1) is 0 Å². The molecule has 0 saturated heterocycles. The van der Waals surface area contributed by atoms with Gasteiger partial charge in [-0.05, 0) is 13.3 Å². The molecule has 1 heterocycles. The molecular formula is C8H15BSi. The normalized spacial score (nSPS) is 19.5. The first-order valence-corrected chi connectivity index (χ1v) is 5.36. The van der Waals surface area contributed by atoms with E-state index in [9.17, 15) is 0 Å². The van der Waals surface area contributed by atoms with Crippen LogP contribution >= 0.6 is 0 Å². The third-order valence-corrected chi connectivity index (χ3v) is 3.65. The van der Waals surface area contributed by atoms with Crippen LogP contribution in [-0.2, 0) is 0 Å². The van der Waals surface area contributed by atoms with E-state index in [4.69, 9.17) is 0 Å². The van der Waals surface area contributed by atoms with Gasteiger partial charge in [0.2, 0.25) is 0 Å². The van der Waals surface area contributed by atoms with Gasteiger partial charge in [-0.15, -0.1) is 5.47 Å². The second kappa shape index (κ2) is 3.42. The standard InChI is InChI=1S/C8H15BSi/c1-7-8(9(2)3)5-4-6-10-7/h4-6H2,1-3H3. The summed E-state index contributed by atoms with van der Waals surface area (Å²) < 4.78 is 0. The largest absolute Gasteiger partial charge is 0.163 e. The number of hydrogen-bond donors (Lipinski definition) is 0. The van der Waals surface area contributed by atoms with Crippen LogP contribution in [0.25, 0.3) is 0 Å². The summed E-state index contributed by atoms with van der Waals surface area (Å²) in [5, 5.41) is 1.70. The molecule has 0 saturated carbocycles. The third-order valence-electron chi connectivity index (χ3n) is 2.19. The SMILES string of the molecule is CB(C)C1=C(C)[Si]CCC1. The molecule has 0 fully saturated rings. The summed E-state index contributed by atoms with van der Waals surface area (Å²) in [5.74, 6) is 0. The van der Waals surface area contributed by atoms with Gasteiger partial charge >= 0.3 is 0 Å². The van der Waals surface area contributed by atoms with Crippen LogP contribution < -0.4 is 0 Å². The average Bonchev–Trinajstić information content (AvgIpc) is 1.88. The molecule has 0 aromatic carbocycles. The van der Waals surface area contributed by atoms with E-state index < -0.39 is 0 Å². The quantitative estimate of drug-likeness (QED) is 0.503. The maximum Gasteiger partial charge on any atom is 0.163 e. The van der Waals surface area contributed by atoms with Gasteiger partial charge in [0.15, 0.2) is 6.71 Å². The summed E-state index contributed by atoms with van der Waals surface area (Å²) in [7, 11) is 1.13. The summed E-state index contributed by atoms with van der Waals surface area (Å²) in [4.78, 5) is 0. The van der Waals surface area contributed by atoms with Gasteiger partial charge in [-0.25, -0.2) is 0 Å². The van der Waals surface area contributed by atoms with Gasteiger partial charge in [0, 0.05) is 0 Å². The van der Waals surface area contributed by atoms with Crippen molar-refractivity contribution in [3.05, 3.63) is 10.7 Å². The van der Waals surface area contributed by atoms with Crippen LogP contribution in [-0.4, -0.2) is 16.2 Å². The van der Waals surface area contributed by atoms with E-state index in [1.165, 1.54) is 18.9 Å². The smallest absolute Gasteiger partial charge is 0.107 e. The van der Waals surface area contributed by atoms with Crippen molar-refractivity contribution in [3.63, 3.8) is 0 Å². The summed E-state index contributed by atoms with van der Waals surface area (Å²) in [6, 6.07) is 1.45. The average molecular weight is 150 g/mol. The van der Waals surface area contributed by atoms with Gasteiger partial charge in [0.05, 0.1) is 9.52 Å². The molecule has 0 aliphatic carbocycles. The molecule has 0 N–H and O–H groups in total. The van der Waals surface area contributed by atoms with E-state index >= 15 is 0 Å². The maximum atomic E-state index is 2.31. The number of allylic oxidation sites excluding steroid dienone is 2. The molecule has 1 aliphatic heterocycles. The van der Waals surface area contributed by atoms with Gasteiger partial charge in [-0.3, -0.25) is 0 Å². The molecule has 54 valence electrons. The van der Waals surface area contributed by atoms with Crippen molar-refractivity contribution in [2.24, 2.45) is 0 Å². The molecule has 0 aromatic rings. The van der Waals surface area contributed by atoms with Crippen LogP contribution in [0.15, 0.2) is 10.7 Å². The topological polar surface area (TPSA) is 0 Å². The van der Waals surface area contributed by atoms with E-state index in [0.29, 0.717) is 0 Å². The fourth-order valence-electron chi connectivity index (χ4n) is 1.58. The zero-order valence-corrected chi connectivity index (χ0v) is 8.20. The molecule has 1 rings (SSSR count). The van der Waals surface area contributed by atoms with Gasteiger partial charge in [0.25, 0.3) is 0 Å². The van der Waals surface area contributed by atoms with Crippen LogP contribution in [0.3, 0.4) is 0 Å². The monoisotopic (exact) mass is 150 g/mol. The molecule has 0 unspecified atom stereocenters. The Morgan fingerprint density at radius 3 is 2.50 bits per heavy atom.